The van der Waals surface area contributed by atoms with Gasteiger partial charge in [-0.3, -0.25) is 9.79 Å². The summed E-state index contributed by atoms with van der Waals surface area (Å²) in [7, 11) is 0. The summed E-state index contributed by atoms with van der Waals surface area (Å²) in [4.78, 5) is 24.3. The molecule has 1 atom stereocenters. The van der Waals surface area contributed by atoms with Gasteiger partial charge in [-0.15, -0.1) is 0 Å². The van der Waals surface area contributed by atoms with E-state index in [-0.39, 0.29) is 12.0 Å². The average Bonchev–Trinajstić information content (AvgIpc) is 2.04. The lowest BCUT2D eigenvalue weighted by Crippen LogP contribution is -2.20. The zero-order chi connectivity index (χ0) is 9.14. The number of carboxylic acid groups (broad SMARTS) is 2. The number of aliphatic imine (C=N–C) groups is 1. The van der Waals surface area contributed by atoms with Crippen molar-refractivity contribution in [3.05, 3.63) is 11.8 Å². The molecule has 12 heavy (non-hydrogen) atoms. The standard InChI is InChI=1S/C7H7NO4/c9-6(10)4-1-5(7(11)12)3-8-2-4/h2-4H,1H2,(H,9,10)(H,11,12). The Morgan fingerprint density at radius 3 is 2.67 bits per heavy atom. The van der Waals surface area contributed by atoms with Gasteiger partial charge in [-0.05, 0) is 6.42 Å². The van der Waals surface area contributed by atoms with Crippen molar-refractivity contribution < 1.29 is 19.8 Å². The van der Waals surface area contributed by atoms with Crippen molar-refractivity contribution in [2.45, 2.75) is 6.42 Å². The molecule has 0 amide bonds. The van der Waals surface area contributed by atoms with Gasteiger partial charge in [0, 0.05) is 12.4 Å². The third-order valence-corrected chi connectivity index (χ3v) is 1.53. The molecule has 1 aliphatic rings. The van der Waals surface area contributed by atoms with Gasteiger partial charge in [-0.2, -0.15) is 0 Å². The number of carbonyl (C=O) groups is 2. The Bertz CT molecular complexity index is 279. The van der Waals surface area contributed by atoms with Crippen LogP contribution in [0.4, 0.5) is 0 Å². The molecule has 2 N–H and O–H groups in total. The molecule has 0 radical (unpaired) electrons. The first-order valence-corrected chi connectivity index (χ1v) is 3.29. The van der Waals surface area contributed by atoms with E-state index in [4.69, 9.17) is 10.2 Å². The van der Waals surface area contributed by atoms with E-state index < -0.39 is 17.9 Å². The molecular formula is C7H7NO4. The van der Waals surface area contributed by atoms with E-state index in [1.165, 1.54) is 12.4 Å². The fraction of sp³-hybridized carbons (Fsp3) is 0.286. The highest BCUT2D eigenvalue weighted by Gasteiger charge is 2.22. The monoisotopic (exact) mass is 169 g/mol. The lowest BCUT2D eigenvalue weighted by atomic mass is 9.99. The van der Waals surface area contributed by atoms with Crippen LogP contribution in [0.3, 0.4) is 0 Å². The van der Waals surface area contributed by atoms with Crippen molar-refractivity contribution in [2.24, 2.45) is 10.9 Å². The number of rotatable bonds is 2. The number of hydrogen-bond donors (Lipinski definition) is 2. The normalized spacial score (nSPS) is 21.7. The highest BCUT2D eigenvalue weighted by atomic mass is 16.4. The van der Waals surface area contributed by atoms with Gasteiger partial charge in [0.1, 0.15) is 0 Å². The van der Waals surface area contributed by atoms with Crippen LogP contribution < -0.4 is 0 Å². The summed E-state index contributed by atoms with van der Waals surface area (Å²) >= 11 is 0. The zero-order valence-electron chi connectivity index (χ0n) is 6.10. The molecule has 0 aromatic heterocycles. The molecule has 5 nitrogen and oxygen atoms in total. The second-order valence-corrected chi connectivity index (χ2v) is 2.41. The maximum atomic E-state index is 10.4. The largest absolute Gasteiger partial charge is 0.481 e. The Hall–Kier alpha value is -1.65. The molecule has 0 saturated carbocycles. The molecule has 0 aliphatic carbocycles. The molecule has 1 rings (SSSR count). The molecule has 0 fully saturated rings. The van der Waals surface area contributed by atoms with Crippen LogP contribution in [0.25, 0.3) is 0 Å². The first kappa shape index (κ1) is 8.45. The molecule has 1 aliphatic heterocycles. The molecule has 0 saturated heterocycles. The summed E-state index contributed by atoms with van der Waals surface area (Å²) in [6, 6.07) is 0. The van der Waals surface area contributed by atoms with Crippen LogP contribution in [0.2, 0.25) is 0 Å². The molecule has 0 spiro atoms. The quantitative estimate of drug-likeness (QED) is 0.615. The summed E-state index contributed by atoms with van der Waals surface area (Å²) < 4.78 is 0. The molecule has 5 heteroatoms. The third-order valence-electron chi connectivity index (χ3n) is 1.53. The molecule has 1 heterocycles. The maximum absolute atomic E-state index is 10.4. The van der Waals surface area contributed by atoms with E-state index in [1.807, 2.05) is 0 Å². The van der Waals surface area contributed by atoms with Crippen LogP contribution in [-0.4, -0.2) is 28.4 Å². The van der Waals surface area contributed by atoms with E-state index in [9.17, 15) is 9.59 Å². The van der Waals surface area contributed by atoms with Crippen molar-refractivity contribution >= 4 is 18.2 Å². The molecular weight excluding hydrogens is 162 g/mol. The van der Waals surface area contributed by atoms with Crippen molar-refractivity contribution in [1.82, 2.24) is 0 Å². The lowest BCUT2D eigenvalue weighted by Gasteiger charge is -2.09. The number of hydrogen-bond acceptors (Lipinski definition) is 3. The van der Waals surface area contributed by atoms with Crippen LogP contribution in [0, 0.1) is 5.92 Å². The Kier molecular flexibility index (Phi) is 2.23. The third kappa shape index (κ3) is 1.69. The van der Waals surface area contributed by atoms with Gasteiger partial charge in [0.25, 0.3) is 0 Å². The van der Waals surface area contributed by atoms with Gasteiger partial charge >= 0.3 is 11.9 Å². The van der Waals surface area contributed by atoms with Gasteiger partial charge in [0.2, 0.25) is 0 Å². The minimum absolute atomic E-state index is 0.00810. The average molecular weight is 169 g/mol. The molecule has 1 unspecified atom stereocenters. The molecule has 0 aromatic carbocycles. The van der Waals surface area contributed by atoms with Crippen molar-refractivity contribution in [1.29, 1.82) is 0 Å². The molecule has 0 aromatic rings. The van der Waals surface area contributed by atoms with Gasteiger partial charge < -0.3 is 10.2 Å². The predicted molar refractivity (Wildman–Crippen MR) is 40.0 cm³/mol. The Balaban J connectivity index is 2.74. The van der Waals surface area contributed by atoms with Gasteiger partial charge in [-0.1, -0.05) is 0 Å². The van der Waals surface area contributed by atoms with E-state index in [1.54, 1.807) is 0 Å². The summed E-state index contributed by atoms with van der Waals surface area (Å²) in [6.07, 6.45) is 2.41. The summed E-state index contributed by atoms with van der Waals surface area (Å²) in [5.74, 6) is -2.97. The van der Waals surface area contributed by atoms with Crippen LogP contribution in [-0.2, 0) is 9.59 Å². The smallest absolute Gasteiger partial charge is 0.333 e. The second kappa shape index (κ2) is 3.17. The topological polar surface area (TPSA) is 87.0 Å². The maximum Gasteiger partial charge on any atom is 0.333 e. The highest BCUT2D eigenvalue weighted by Crippen LogP contribution is 2.15. The molecule has 0 bridgehead atoms. The van der Waals surface area contributed by atoms with Crippen LogP contribution in [0.15, 0.2) is 16.8 Å². The Morgan fingerprint density at radius 1 is 1.50 bits per heavy atom. The minimum Gasteiger partial charge on any atom is -0.481 e. The van der Waals surface area contributed by atoms with Crippen molar-refractivity contribution in [3.63, 3.8) is 0 Å². The van der Waals surface area contributed by atoms with Crippen LogP contribution >= 0.6 is 0 Å². The molecule has 64 valence electrons. The van der Waals surface area contributed by atoms with Gasteiger partial charge in [0.05, 0.1) is 11.5 Å². The predicted octanol–water partition coefficient (Wildman–Crippen LogP) is 0.130. The van der Waals surface area contributed by atoms with E-state index in [0.29, 0.717) is 0 Å². The van der Waals surface area contributed by atoms with Crippen molar-refractivity contribution in [3.8, 4) is 0 Å². The van der Waals surface area contributed by atoms with Gasteiger partial charge in [0.15, 0.2) is 0 Å². The second-order valence-electron chi connectivity index (χ2n) is 2.41. The van der Waals surface area contributed by atoms with Gasteiger partial charge in [-0.25, -0.2) is 4.79 Å². The number of nitrogens with zero attached hydrogens (tertiary/aromatic N) is 1. The van der Waals surface area contributed by atoms with Crippen LogP contribution in [0.5, 0.6) is 0 Å². The van der Waals surface area contributed by atoms with E-state index in [2.05, 4.69) is 4.99 Å². The first-order valence-electron chi connectivity index (χ1n) is 3.29. The zero-order valence-corrected chi connectivity index (χ0v) is 6.10. The Morgan fingerprint density at radius 2 is 2.17 bits per heavy atom. The summed E-state index contributed by atoms with van der Waals surface area (Å²) in [5, 5.41) is 17.0. The lowest BCUT2D eigenvalue weighted by molar-refractivity contribution is -0.139. The van der Waals surface area contributed by atoms with E-state index in [0.717, 1.165) is 0 Å². The first-order chi connectivity index (χ1) is 5.61. The number of carboxylic acids is 2. The van der Waals surface area contributed by atoms with Crippen LogP contribution in [0.1, 0.15) is 6.42 Å². The van der Waals surface area contributed by atoms with E-state index >= 15 is 0 Å². The Labute approximate surface area is 68.0 Å². The fourth-order valence-electron chi connectivity index (χ4n) is 0.873. The fourth-order valence-corrected chi connectivity index (χ4v) is 0.873. The SMILES string of the molecule is O=C(O)C1=CN=CC(C(=O)O)C1. The summed E-state index contributed by atoms with van der Waals surface area (Å²) in [6.45, 7) is 0. The highest BCUT2D eigenvalue weighted by molar-refractivity contribution is 5.95. The van der Waals surface area contributed by atoms with Crippen molar-refractivity contribution in [2.75, 3.05) is 0 Å². The summed E-state index contributed by atoms with van der Waals surface area (Å²) in [5.41, 5.74) is 0.0323. The number of aliphatic carboxylic acids is 2. The minimum atomic E-state index is -1.11.